The van der Waals surface area contributed by atoms with Gasteiger partial charge >= 0.3 is 0 Å². The number of nitrogen functional groups attached to an aromatic ring is 1. The fourth-order valence-electron chi connectivity index (χ4n) is 1.99. The lowest BCUT2D eigenvalue weighted by molar-refractivity contribution is 1.37. The fraction of sp³-hybridized carbons (Fsp3) is 0.0625. The van der Waals surface area contributed by atoms with E-state index >= 15 is 0 Å². The summed E-state index contributed by atoms with van der Waals surface area (Å²) in [6.07, 6.45) is 1.82. The molecule has 0 fully saturated rings. The highest BCUT2D eigenvalue weighted by molar-refractivity contribution is 7.98. The maximum atomic E-state index is 5.94. The van der Waals surface area contributed by atoms with Gasteiger partial charge in [-0.1, -0.05) is 24.3 Å². The van der Waals surface area contributed by atoms with Gasteiger partial charge in [0.1, 0.15) is 0 Å². The highest BCUT2D eigenvalue weighted by Crippen LogP contribution is 2.28. The molecule has 2 N–H and O–H groups in total. The third kappa shape index (κ3) is 2.71. The first-order chi connectivity index (χ1) is 9.33. The molecule has 3 aromatic rings. The van der Waals surface area contributed by atoms with Crippen molar-refractivity contribution in [2.45, 2.75) is 10.6 Å². The fourth-order valence-corrected chi connectivity index (χ4v) is 2.90. The van der Waals surface area contributed by atoms with Crippen LogP contribution < -0.4 is 5.73 Å². The first kappa shape index (κ1) is 12.1. The molecule has 0 spiro atoms. The molecule has 0 atom stereocenters. The molecule has 0 amide bonds. The largest absolute Gasteiger partial charge is 0.398 e. The SMILES string of the molecule is Nc1ccccc1SCc1ccc2ncccc2c1. The standard InChI is InChI=1S/C16H14N2S/c17-14-5-1-2-6-16(14)19-11-12-7-8-15-13(10-12)4-3-9-18-15/h1-10H,11,17H2. The van der Waals surface area contributed by atoms with E-state index in [9.17, 15) is 0 Å². The van der Waals surface area contributed by atoms with Crippen molar-refractivity contribution in [3.05, 3.63) is 66.4 Å². The van der Waals surface area contributed by atoms with Crippen LogP contribution in [0.25, 0.3) is 10.9 Å². The Morgan fingerprint density at radius 3 is 2.79 bits per heavy atom. The molecule has 1 heterocycles. The van der Waals surface area contributed by atoms with E-state index in [2.05, 4.69) is 35.3 Å². The van der Waals surface area contributed by atoms with Crippen LogP contribution in [0.3, 0.4) is 0 Å². The van der Waals surface area contributed by atoms with Gasteiger partial charge < -0.3 is 5.73 Å². The number of rotatable bonds is 3. The number of nitrogens with zero attached hydrogens (tertiary/aromatic N) is 1. The lowest BCUT2D eigenvalue weighted by atomic mass is 10.1. The summed E-state index contributed by atoms with van der Waals surface area (Å²) in [6, 6.07) is 18.4. The molecule has 19 heavy (non-hydrogen) atoms. The third-order valence-corrected chi connectivity index (χ3v) is 4.14. The van der Waals surface area contributed by atoms with Gasteiger partial charge in [-0.2, -0.15) is 0 Å². The normalized spacial score (nSPS) is 10.7. The smallest absolute Gasteiger partial charge is 0.0702 e. The van der Waals surface area contributed by atoms with Crippen LogP contribution in [-0.2, 0) is 5.75 Å². The Bertz CT molecular complexity index is 710. The van der Waals surface area contributed by atoms with Gasteiger partial charge in [-0.3, -0.25) is 4.98 Å². The Kier molecular flexibility index (Phi) is 3.38. The first-order valence-electron chi connectivity index (χ1n) is 6.14. The van der Waals surface area contributed by atoms with E-state index < -0.39 is 0 Å². The molecule has 0 bridgehead atoms. The molecule has 1 aromatic heterocycles. The minimum atomic E-state index is 0.843. The number of benzene rings is 2. The second kappa shape index (κ2) is 5.33. The summed E-state index contributed by atoms with van der Waals surface area (Å²) in [5, 5.41) is 1.18. The van der Waals surface area contributed by atoms with Crippen LogP contribution in [0, 0.1) is 0 Å². The van der Waals surface area contributed by atoms with Crippen molar-refractivity contribution in [1.82, 2.24) is 4.98 Å². The van der Waals surface area contributed by atoms with E-state index in [1.807, 2.05) is 30.5 Å². The average molecular weight is 266 g/mol. The van der Waals surface area contributed by atoms with Crippen molar-refractivity contribution in [2.75, 3.05) is 5.73 Å². The van der Waals surface area contributed by atoms with Gasteiger partial charge in [0, 0.05) is 27.9 Å². The maximum absolute atomic E-state index is 5.94. The average Bonchev–Trinajstić information content (AvgIpc) is 2.46. The van der Waals surface area contributed by atoms with Gasteiger partial charge in [-0.05, 0) is 35.9 Å². The van der Waals surface area contributed by atoms with E-state index in [0.29, 0.717) is 0 Å². The van der Waals surface area contributed by atoms with Crippen LogP contribution >= 0.6 is 11.8 Å². The molecular formula is C16H14N2S. The van der Waals surface area contributed by atoms with Gasteiger partial charge in [-0.25, -0.2) is 0 Å². The molecule has 3 rings (SSSR count). The van der Waals surface area contributed by atoms with Crippen molar-refractivity contribution in [3.63, 3.8) is 0 Å². The Balaban J connectivity index is 1.80. The number of pyridine rings is 1. The summed E-state index contributed by atoms with van der Waals surface area (Å²) in [5.41, 5.74) is 9.11. The molecule has 0 aliphatic carbocycles. The van der Waals surface area contributed by atoms with Crippen LogP contribution in [0.5, 0.6) is 0 Å². The van der Waals surface area contributed by atoms with E-state index in [-0.39, 0.29) is 0 Å². The van der Waals surface area contributed by atoms with Gasteiger partial charge in [0.25, 0.3) is 0 Å². The van der Waals surface area contributed by atoms with Gasteiger partial charge in [0.05, 0.1) is 5.52 Å². The minimum Gasteiger partial charge on any atom is -0.398 e. The number of aromatic nitrogens is 1. The highest BCUT2D eigenvalue weighted by Gasteiger charge is 2.01. The van der Waals surface area contributed by atoms with Crippen molar-refractivity contribution < 1.29 is 0 Å². The third-order valence-electron chi connectivity index (χ3n) is 2.98. The van der Waals surface area contributed by atoms with E-state index in [4.69, 9.17) is 5.73 Å². The Labute approximate surface area is 116 Å². The van der Waals surface area contributed by atoms with Crippen molar-refractivity contribution in [2.24, 2.45) is 0 Å². The lowest BCUT2D eigenvalue weighted by Gasteiger charge is -2.06. The van der Waals surface area contributed by atoms with Crippen molar-refractivity contribution >= 4 is 28.4 Å². The second-order valence-corrected chi connectivity index (χ2v) is 5.37. The molecule has 0 radical (unpaired) electrons. The summed E-state index contributed by atoms with van der Waals surface area (Å²) < 4.78 is 0. The molecule has 0 saturated heterocycles. The molecule has 3 heteroatoms. The number of thioether (sulfide) groups is 1. The molecule has 0 unspecified atom stereocenters. The van der Waals surface area contributed by atoms with Gasteiger partial charge in [0.15, 0.2) is 0 Å². The summed E-state index contributed by atoms with van der Waals surface area (Å²) in [4.78, 5) is 5.46. The zero-order valence-corrected chi connectivity index (χ0v) is 11.2. The van der Waals surface area contributed by atoms with E-state index in [1.54, 1.807) is 11.8 Å². The Morgan fingerprint density at radius 1 is 1.00 bits per heavy atom. The molecule has 0 aliphatic heterocycles. The second-order valence-electron chi connectivity index (χ2n) is 4.36. The molecule has 0 aliphatic rings. The number of anilines is 1. The van der Waals surface area contributed by atoms with Crippen molar-refractivity contribution in [3.8, 4) is 0 Å². The number of fused-ring (bicyclic) bond motifs is 1. The first-order valence-corrected chi connectivity index (χ1v) is 7.12. The quantitative estimate of drug-likeness (QED) is 0.573. The zero-order chi connectivity index (χ0) is 13.1. The van der Waals surface area contributed by atoms with Crippen LogP contribution in [0.2, 0.25) is 0 Å². The number of para-hydroxylation sites is 1. The number of hydrogen-bond acceptors (Lipinski definition) is 3. The van der Waals surface area contributed by atoms with Crippen LogP contribution in [0.4, 0.5) is 5.69 Å². The minimum absolute atomic E-state index is 0.843. The Hall–Kier alpha value is -2.00. The van der Waals surface area contributed by atoms with Gasteiger partial charge in [0.2, 0.25) is 0 Å². The van der Waals surface area contributed by atoms with Gasteiger partial charge in [-0.15, -0.1) is 11.8 Å². The monoisotopic (exact) mass is 266 g/mol. The molecule has 0 saturated carbocycles. The maximum Gasteiger partial charge on any atom is 0.0702 e. The predicted molar refractivity (Wildman–Crippen MR) is 82.2 cm³/mol. The molecule has 2 aromatic carbocycles. The summed E-state index contributed by atoms with van der Waals surface area (Å²) in [5.74, 6) is 0.916. The number of hydrogen-bond donors (Lipinski definition) is 1. The lowest BCUT2D eigenvalue weighted by Crippen LogP contribution is -1.88. The zero-order valence-electron chi connectivity index (χ0n) is 10.4. The summed E-state index contributed by atoms with van der Waals surface area (Å²) >= 11 is 1.76. The topological polar surface area (TPSA) is 38.9 Å². The highest BCUT2D eigenvalue weighted by atomic mass is 32.2. The molecule has 2 nitrogen and oxygen atoms in total. The number of nitrogens with two attached hydrogens (primary N) is 1. The van der Waals surface area contributed by atoms with Crippen LogP contribution in [0.1, 0.15) is 5.56 Å². The molecular weight excluding hydrogens is 252 g/mol. The van der Waals surface area contributed by atoms with Crippen LogP contribution in [0.15, 0.2) is 65.7 Å². The van der Waals surface area contributed by atoms with Crippen molar-refractivity contribution in [1.29, 1.82) is 0 Å². The summed E-state index contributed by atoms with van der Waals surface area (Å²) in [7, 11) is 0. The van der Waals surface area contributed by atoms with E-state index in [0.717, 1.165) is 21.9 Å². The molecule has 94 valence electrons. The summed E-state index contributed by atoms with van der Waals surface area (Å²) in [6.45, 7) is 0. The Morgan fingerprint density at radius 2 is 1.89 bits per heavy atom. The predicted octanol–water partition coefficient (Wildman–Crippen LogP) is 4.11. The van der Waals surface area contributed by atoms with Crippen LogP contribution in [-0.4, -0.2) is 4.98 Å². The van der Waals surface area contributed by atoms with E-state index in [1.165, 1.54) is 10.9 Å².